The van der Waals surface area contributed by atoms with E-state index in [1.165, 1.54) is 18.3 Å². The first-order valence-corrected chi connectivity index (χ1v) is 15.9. The summed E-state index contributed by atoms with van der Waals surface area (Å²) in [5.41, 5.74) is 2.25. The number of aromatic nitrogens is 3. The van der Waals surface area contributed by atoms with Crippen molar-refractivity contribution in [2.45, 2.75) is 75.7 Å². The second kappa shape index (κ2) is 10.3. The molecule has 0 spiro atoms. The van der Waals surface area contributed by atoms with Crippen molar-refractivity contribution in [1.29, 1.82) is 0 Å². The minimum atomic E-state index is -3.72. The van der Waals surface area contributed by atoms with E-state index in [1.54, 1.807) is 24.6 Å². The van der Waals surface area contributed by atoms with Crippen molar-refractivity contribution in [3.05, 3.63) is 65.7 Å². The Kier molecular flexibility index (Phi) is 7.04. The van der Waals surface area contributed by atoms with Crippen molar-refractivity contribution in [1.82, 2.24) is 18.8 Å². The fourth-order valence-electron chi connectivity index (χ4n) is 5.65. The second-order valence-corrected chi connectivity index (χ2v) is 14.3. The molecule has 0 bridgehead atoms. The molecular weight excluding hydrogens is 592 g/mol. The molecule has 10 nitrogen and oxygen atoms in total. The number of sulfonamides is 1. The van der Waals surface area contributed by atoms with Crippen LogP contribution in [0.25, 0.3) is 10.9 Å². The Balaban J connectivity index is 1.17. The van der Waals surface area contributed by atoms with Gasteiger partial charge in [-0.2, -0.15) is 0 Å². The van der Waals surface area contributed by atoms with E-state index in [9.17, 15) is 22.0 Å². The standard InChI is InChI=1S/C31H35F2N5O5S/c1-19-35-27(18-37(19)5)44(40,41)34-13-6-14-38-23-9-8-22(15-20(23)16-26(38)29(2,3)4)36-28(39)30(11-12-30)21-7-10-24-25(17-21)43-31(32,33)42-24/h7-10,15-18,34H,6,11-14H2,1-5H3,(H,36,39). The van der Waals surface area contributed by atoms with E-state index in [0.29, 0.717) is 42.9 Å². The van der Waals surface area contributed by atoms with Crippen molar-refractivity contribution < 1.29 is 31.5 Å². The number of carbonyl (C=O) groups excluding carboxylic acids is 1. The first-order valence-electron chi connectivity index (χ1n) is 14.4. The summed E-state index contributed by atoms with van der Waals surface area (Å²) in [6, 6.07) is 12.3. The molecule has 13 heteroatoms. The molecule has 2 aromatic carbocycles. The molecule has 1 saturated carbocycles. The van der Waals surface area contributed by atoms with Crippen molar-refractivity contribution in [2.24, 2.45) is 7.05 Å². The number of carbonyl (C=O) groups is 1. The SMILES string of the molecule is Cc1nc(S(=O)(=O)NCCCn2c(C(C)(C)C)cc3cc(NC(=O)C4(c5ccc6c(c5)OC(F)(F)O6)CC4)ccc32)cn1C. The highest BCUT2D eigenvalue weighted by atomic mass is 32.2. The van der Waals surface area contributed by atoms with E-state index >= 15 is 0 Å². The quantitative estimate of drug-likeness (QED) is 0.242. The van der Waals surface area contributed by atoms with Gasteiger partial charge < -0.3 is 23.9 Å². The van der Waals surface area contributed by atoms with Crippen LogP contribution in [0.5, 0.6) is 11.5 Å². The van der Waals surface area contributed by atoms with Crippen LogP contribution in [-0.4, -0.2) is 41.3 Å². The van der Waals surface area contributed by atoms with Gasteiger partial charge in [0, 0.05) is 54.0 Å². The molecule has 1 fully saturated rings. The van der Waals surface area contributed by atoms with Crippen LogP contribution in [-0.2, 0) is 39.2 Å². The number of amides is 1. The lowest BCUT2D eigenvalue weighted by molar-refractivity contribution is -0.286. The Bertz CT molecular complexity index is 1870. The summed E-state index contributed by atoms with van der Waals surface area (Å²) in [6.07, 6.45) is -0.492. The number of benzene rings is 2. The predicted octanol–water partition coefficient (Wildman–Crippen LogP) is 5.34. The number of nitrogens with one attached hydrogen (secondary N) is 2. The van der Waals surface area contributed by atoms with Crippen molar-refractivity contribution in [3.8, 4) is 11.5 Å². The molecule has 1 aliphatic carbocycles. The minimum absolute atomic E-state index is 0.00178. The molecule has 3 heterocycles. The average molecular weight is 628 g/mol. The fraction of sp³-hybridized carbons (Fsp3) is 0.419. The van der Waals surface area contributed by atoms with Gasteiger partial charge in [0.25, 0.3) is 10.0 Å². The van der Waals surface area contributed by atoms with Gasteiger partial charge in [-0.25, -0.2) is 18.1 Å². The molecule has 234 valence electrons. The zero-order valence-corrected chi connectivity index (χ0v) is 26.0. The van der Waals surface area contributed by atoms with E-state index < -0.39 is 21.7 Å². The summed E-state index contributed by atoms with van der Waals surface area (Å²) in [5, 5.41) is 3.96. The van der Waals surface area contributed by atoms with Crippen LogP contribution in [0.4, 0.5) is 14.5 Å². The lowest BCUT2D eigenvalue weighted by Crippen LogP contribution is -2.28. The van der Waals surface area contributed by atoms with Gasteiger partial charge in [0.15, 0.2) is 16.5 Å². The molecule has 2 aliphatic rings. The minimum Gasteiger partial charge on any atom is -0.395 e. The number of nitrogens with zero attached hydrogens (tertiary/aromatic N) is 3. The van der Waals surface area contributed by atoms with Crippen molar-refractivity contribution in [3.63, 3.8) is 0 Å². The van der Waals surface area contributed by atoms with Crippen LogP contribution in [0.2, 0.25) is 0 Å². The number of alkyl halides is 2. The Morgan fingerprint density at radius 3 is 2.45 bits per heavy atom. The van der Waals surface area contributed by atoms with Gasteiger partial charge in [-0.3, -0.25) is 4.79 Å². The maximum atomic E-state index is 13.5. The number of hydrogen-bond donors (Lipinski definition) is 2. The van der Waals surface area contributed by atoms with Crippen molar-refractivity contribution in [2.75, 3.05) is 11.9 Å². The molecule has 0 saturated heterocycles. The van der Waals surface area contributed by atoms with Gasteiger partial charge in [-0.05, 0) is 68.1 Å². The number of halogens is 2. The van der Waals surface area contributed by atoms with Crippen LogP contribution in [0.3, 0.4) is 0 Å². The maximum absolute atomic E-state index is 13.5. The average Bonchev–Trinajstić information content (AvgIpc) is 3.43. The number of anilines is 1. The first-order chi connectivity index (χ1) is 20.6. The molecule has 1 aliphatic heterocycles. The zero-order valence-electron chi connectivity index (χ0n) is 25.2. The van der Waals surface area contributed by atoms with Gasteiger partial charge in [0.1, 0.15) is 5.82 Å². The number of fused-ring (bicyclic) bond motifs is 2. The first kappa shape index (κ1) is 30.1. The van der Waals surface area contributed by atoms with Gasteiger partial charge in [-0.1, -0.05) is 26.8 Å². The Morgan fingerprint density at radius 1 is 1.07 bits per heavy atom. The monoisotopic (exact) mass is 627 g/mol. The second-order valence-electron chi connectivity index (χ2n) is 12.6. The summed E-state index contributed by atoms with van der Waals surface area (Å²) in [6.45, 7) is 8.92. The van der Waals surface area contributed by atoms with E-state index in [-0.39, 0.29) is 34.4 Å². The zero-order chi connectivity index (χ0) is 31.7. The number of rotatable bonds is 9. The maximum Gasteiger partial charge on any atom is 0.586 e. The Morgan fingerprint density at radius 2 is 1.80 bits per heavy atom. The molecule has 1 amide bonds. The Labute approximate surface area is 254 Å². The van der Waals surface area contributed by atoms with Gasteiger partial charge in [-0.15, -0.1) is 8.78 Å². The molecular formula is C31H35F2N5O5S. The van der Waals surface area contributed by atoms with E-state index in [1.807, 2.05) is 18.2 Å². The number of aryl methyl sites for hydroxylation is 3. The van der Waals surface area contributed by atoms with E-state index in [0.717, 1.165) is 16.6 Å². The molecule has 44 heavy (non-hydrogen) atoms. The largest absolute Gasteiger partial charge is 0.586 e. The third-order valence-electron chi connectivity index (χ3n) is 8.28. The lowest BCUT2D eigenvalue weighted by Gasteiger charge is -2.22. The normalized spacial score (nSPS) is 16.8. The lowest BCUT2D eigenvalue weighted by atomic mass is 9.92. The van der Waals surface area contributed by atoms with Gasteiger partial charge in [0.05, 0.1) is 5.41 Å². The molecule has 0 atom stereocenters. The highest BCUT2D eigenvalue weighted by Gasteiger charge is 2.52. The number of imidazole rings is 1. The summed E-state index contributed by atoms with van der Waals surface area (Å²) < 4.78 is 68.0. The van der Waals surface area contributed by atoms with Gasteiger partial charge >= 0.3 is 6.29 Å². The van der Waals surface area contributed by atoms with Crippen LogP contribution >= 0.6 is 0 Å². The van der Waals surface area contributed by atoms with Crippen LogP contribution in [0.1, 0.15) is 57.1 Å². The molecule has 2 N–H and O–H groups in total. The Hall–Kier alpha value is -3.97. The third kappa shape index (κ3) is 5.54. The topological polar surface area (TPSA) is 116 Å². The highest BCUT2D eigenvalue weighted by Crippen LogP contribution is 2.52. The molecule has 6 rings (SSSR count). The van der Waals surface area contributed by atoms with Crippen LogP contribution < -0.4 is 19.5 Å². The smallest absolute Gasteiger partial charge is 0.395 e. The van der Waals surface area contributed by atoms with Crippen LogP contribution in [0, 0.1) is 6.92 Å². The summed E-state index contributed by atoms with van der Waals surface area (Å²) in [4.78, 5) is 17.6. The molecule has 4 aromatic rings. The highest BCUT2D eigenvalue weighted by molar-refractivity contribution is 7.89. The molecule has 0 unspecified atom stereocenters. The summed E-state index contributed by atoms with van der Waals surface area (Å²) >= 11 is 0. The van der Waals surface area contributed by atoms with E-state index in [4.69, 9.17) is 0 Å². The predicted molar refractivity (Wildman–Crippen MR) is 161 cm³/mol. The fourth-order valence-corrected chi connectivity index (χ4v) is 6.76. The molecule has 2 aromatic heterocycles. The summed E-state index contributed by atoms with van der Waals surface area (Å²) in [7, 11) is -1.97. The van der Waals surface area contributed by atoms with E-state index in [2.05, 4.69) is 55.9 Å². The number of ether oxygens (including phenoxy) is 2. The van der Waals surface area contributed by atoms with Crippen molar-refractivity contribution >= 4 is 32.5 Å². The molecule has 0 radical (unpaired) electrons. The number of hydrogen-bond acceptors (Lipinski definition) is 6. The van der Waals surface area contributed by atoms with Crippen LogP contribution in [0.15, 0.2) is 53.7 Å². The van der Waals surface area contributed by atoms with Gasteiger partial charge in [0.2, 0.25) is 5.91 Å². The third-order valence-corrected chi connectivity index (χ3v) is 9.61. The summed E-state index contributed by atoms with van der Waals surface area (Å²) in [5.74, 6) is 0.263.